The maximum absolute atomic E-state index is 12.2. The number of hydrogen-bond acceptors (Lipinski definition) is 5. The third-order valence-electron chi connectivity index (χ3n) is 3.66. The van der Waals surface area contributed by atoms with Gasteiger partial charge in [0.1, 0.15) is 0 Å². The molecule has 1 aromatic carbocycles. The Morgan fingerprint density at radius 3 is 2.72 bits per heavy atom. The van der Waals surface area contributed by atoms with Gasteiger partial charge in [0, 0.05) is 25.0 Å². The number of amides is 1. The van der Waals surface area contributed by atoms with Crippen LogP contribution in [0.4, 0.5) is 5.13 Å². The first-order chi connectivity index (χ1) is 12.2. The minimum Gasteiger partial charge on any atom is -0.459 e. The van der Waals surface area contributed by atoms with Crippen molar-refractivity contribution in [1.29, 1.82) is 0 Å². The Morgan fingerprint density at radius 2 is 2.04 bits per heavy atom. The Morgan fingerprint density at radius 1 is 1.20 bits per heavy atom. The Labute approximate surface area is 147 Å². The second kappa shape index (κ2) is 6.37. The molecular formula is C18H14N4O2S. The lowest BCUT2D eigenvalue weighted by Gasteiger charge is -2.02. The van der Waals surface area contributed by atoms with Gasteiger partial charge in [-0.15, -0.1) is 0 Å². The number of furan rings is 1. The summed E-state index contributed by atoms with van der Waals surface area (Å²) in [5, 5.41) is 3.29. The highest BCUT2D eigenvalue weighted by Crippen LogP contribution is 2.38. The second-order valence-corrected chi connectivity index (χ2v) is 6.36. The van der Waals surface area contributed by atoms with E-state index in [9.17, 15) is 4.79 Å². The number of nitrogens with one attached hydrogen (secondary N) is 1. The predicted octanol–water partition coefficient (Wildman–Crippen LogP) is 4.06. The molecule has 124 valence electrons. The molecule has 0 spiro atoms. The fraction of sp³-hybridized carbons (Fsp3) is 0.0556. The van der Waals surface area contributed by atoms with Gasteiger partial charge in [-0.3, -0.25) is 10.1 Å². The lowest BCUT2D eigenvalue weighted by atomic mass is 10.1. The van der Waals surface area contributed by atoms with E-state index in [1.165, 1.54) is 17.6 Å². The summed E-state index contributed by atoms with van der Waals surface area (Å²) in [5.41, 5.74) is 1.75. The summed E-state index contributed by atoms with van der Waals surface area (Å²) in [5.74, 6) is 0.717. The zero-order chi connectivity index (χ0) is 17.2. The molecule has 0 aliphatic rings. The molecule has 0 radical (unpaired) electrons. The number of carbonyl (C=O) groups is 1. The third-order valence-corrected chi connectivity index (χ3v) is 4.63. The number of anilines is 1. The molecule has 0 unspecified atom stereocenters. The smallest absolute Gasteiger partial charge is 0.293 e. The molecule has 0 aliphatic heterocycles. The molecule has 3 aromatic heterocycles. The third kappa shape index (κ3) is 2.97. The maximum Gasteiger partial charge on any atom is 0.293 e. The van der Waals surface area contributed by atoms with Gasteiger partial charge in [-0.05, 0) is 12.1 Å². The molecule has 1 amide bonds. The SMILES string of the molecule is Cn1ccnc1-c1sc(NC(=O)c2ccco2)nc1-c1ccccc1. The highest BCUT2D eigenvalue weighted by atomic mass is 32.1. The first-order valence-corrected chi connectivity index (χ1v) is 8.43. The number of nitrogens with zero attached hydrogens (tertiary/aromatic N) is 3. The van der Waals surface area contributed by atoms with Crippen molar-refractivity contribution in [3.8, 4) is 22.0 Å². The lowest BCUT2D eigenvalue weighted by Crippen LogP contribution is -2.10. The van der Waals surface area contributed by atoms with E-state index in [4.69, 9.17) is 4.42 Å². The van der Waals surface area contributed by atoms with Crippen LogP contribution >= 0.6 is 11.3 Å². The number of rotatable bonds is 4. The zero-order valence-corrected chi connectivity index (χ0v) is 14.2. The average molecular weight is 350 g/mol. The van der Waals surface area contributed by atoms with Gasteiger partial charge in [0.2, 0.25) is 0 Å². The summed E-state index contributed by atoms with van der Waals surface area (Å²) in [4.78, 5) is 22.2. The van der Waals surface area contributed by atoms with Crippen LogP contribution in [0.3, 0.4) is 0 Å². The van der Waals surface area contributed by atoms with Crippen LogP contribution in [-0.4, -0.2) is 20.4 Å². The highest BCUT2D eigenvalue weighted by Gasteiger charge is 2.20. The number of imidazole rings is 1. The van der Waals surface area contributed by atoms with E-state index in [0.717, 1.165) is 22.0 Å². The minimum absolute atomic E-state index is 0.245. The molecule has 6 nitrogen and oxygen atoms in total. The van der Waals surface area contributed by atoms with Crippen LogP contribution in [0.25, 0.3) is 22.0 Å². The first-order valence-electron chi connectivity index (χ1n) is 7.61. The normalized spacial score (nSPS) is 10.8. The summed E-state index contributed by atoms with van der Waals surface area (Å²) in [6, 6.07) is 13.1. The van der Waals surface area contributed by atoms with Crippen molar-refractivity contribution < 1.29 is 9.21 Å². The van der Waals surface area contributed by atoms with Gasteiger partial charge in [0.15, 0.2) is 16.7 Å². The van der Waals surface area contributed by atoms with Gasteiger partial charge in [0.05, 0.1) is 16.8 Å². The monoisotopic (exact) mass is 350 g/mol. The molecule has 3 heterocycles. The van der Waals surface area contributed by atoms with Gasteiger partial charge in [-0.25, -0.2) is 9.97 Å². The topological polar surface area (TPSA) is 73.0 Å². The van der Waals surface area contributed by atoms with Gasteiger partial charge < -0.3 is 8.98 Å². The molecule has 0 aliphatic carbocycles. The molecule has 0 bridgehead atoms. The maximum atomic E-state index is 12.2. The van der Waals surface area contributed by atoms with Crippen molar-refractivity contribution >= 4 is 22.4 Å². The van der Waals surface area contributed by atoms with Crippen LogP contribution < -0.4 is 5.32 Å². The summed E-state index contributed by atoms with van der Waals surface area (Å²) < 4.78 is 7.06. The van der Waals surface area contributed by atoms with Crippen LogP contribution in [0, 0.1) is 0 Å². The molecule has 0 saturated carbocycles. The van der Waals surface area contributed by atoms with Gasteiger partial charge in [-0.1, -0.05) is 41.7 Å². The van der Waals surface area contributed by atoms with Crippen LogP contribution in [-0.2, 0) is 7.05 Å². The number of aryl methyl sites for hydroxylation is 1. The predicted molar refractivity (Wildman–Crippen MR) is 96.4 cm³/mol. The average Bonchev–Trinajstić information content (AvgIpc) is 3.35. The molecule has 0 saturated heterocycles. The van der Waals surface area contributed by atoms with Crippen molar-refractivity contribution in [3.05, 3.63) is 66.9 Å². The first kappa shape index (κ1) is 15.3. The summed E-state index contributed by atoms with van der Waals surface area (Å²) in [7, 11) is 1.93. The molecule has 25 heavy (non-hydrogen) atoms. The van der Waals surface area contributed by atoms with E-state index >= 15 is 0 Å². The number of hydrogen-bond donors (Lipinski definition) is 1. The van der Waals surface area contributed by atoms with Crippen LogP contribution in [0.1, 0.15) is 10.6 Å². The Hall–Kier alpha value is -3.19. The molecular weight excluding hydrogens is 336 g/mol. The number of carbonyl (C=O) groups excluding carboxylic acids is 1. The van der Waals surface area contributed by atoms with E-state index < -0.39 is 0 Å². The van der Waals surface area contributed by atoms with Crippen molar-refractivity contribution in [2.75, 3.05) is 5.32 Å². The van der Waals surface area contributed by atoms with Crippen LogP contribution in [0.5, 0.6) is 0 Å². The summed E-state index contributed by atoms with van der Waals surface area (Å²) in [6.45, 7) is 0. The zero-order valence-electron chi connectivity index (χ0n) is 13.3. The van der Waals surface area contributed by atoms with Gasteiger partial charge in [0.25, 0.3) is 5.91 Å². The lowest BCUT2D eigenvalue weighted by molar-refractivity contribution is 0.0996. The molecule has 0 fully saturated rings. The Kier molecular flexibility index (Phi) is 3.91. The van der Waals surface area contributed by atoms with Gasteiger partial charge >= 0.3 is 0 Å². The summed E-state index contributed by atoms with van der Waals surface area (Å²) >= 11 is 1.38. The van der Waals surface area contributed by atoms with Crippen molar-refractivity contribution in [2.45, 2.75) is 0 Å². The quantitative estimate of drug-likeness (QED) is 0.602. The Bertz CT molecular complexity index is 1000. The fourth-order valence-corrected chi connectivity index (χ4v) is 3.49. The standard InChI is InChI=1S/C18H14N4O2S/c1-22-10-9-19-16(22)15-14(12-6-3-2-4-7-12)20-18(25-15)21-17(23)13-8-5-11-24-13/h2-11H,1H3,(H,20,21,23). The van der Waals surface area contributed by atoms with Gasteiger partial charge in [-0.2, -0.15) is 0 Å². The minimum atomic E-state index is -0.329. The highest BCUT2D eigenvalue weighted by molar-refractivity contribution is 7.19. The molecule has 1 N–H and O–H groups in total. The van der Waals surface area contributed by atoms with Crippen molar-refractivity contribution in [2.24, 2.45) is 7.05 Å². The van der Waals surface area contributed by atoms with Crippen molar-refractivity contribution in [3.63, 3.8) is 0 Å². The van der Waals surface area contributed by atoms with Crippen LogP contribution in [0.2, 0.25) is 0 Å². The fourth-order valence-electron chi connectivity index (χ4n) is 2.47. The van der Waals surface area contributed by atoms with Crippen LogP contribution in [0.15, 0.2) is 65.5 Å². The Balaban J connectivity index is 1.76. The number of aromatic nitrogens is 3. The molecule has 4 aromatic rings. The molecule has 0 atom stereocenters. The summed E-state index contributed by atoms with van der Waals surface area (Å²) in [6.07, 6.45) is 5.08. The molecule has 4 rings (SSSR count). The molecule has 7 heteroatoms. The van der Waals surface area contributed by atoms with Crippen molar-refractivity contribution in [1.82, 2.24) is 14.5 Å². The van der Waals surface area contributed by atoms with E-state index in [0.29, 0.717) is 5.13 Å². The van der Waals surface area contributed by atoms with E-state index in [2.05, 4.69) is 15.3 Å². The number of thiazole rings is 1. The second-order valence-electron chi connectivity index (χ2n) is 5.36. The van der Waals surface area contributed by atoms with E-state index in [1.54, 1.807) is 18.3 Å². The van der Waals surface area contributed by atoms with E-state index in [1.807, 2.05) is 48.1 Å². The van der Waals surface area contributed by atoms with E-state index in [-0.39, 0.29) is 11.7 Å². The number of benzene rings is 1. The largest absolute Gasteiger partial charge is 0.459 e.